The molecule has 5 nitrogen and oxygen atoms in total. The van der Waals surface area contributed by atoms with E-state index in [9.17, 15) is 0 Å². The number of aromatic nitrogens is 3. The van der Waals surface area contributed by atoms with E-state index in [2.05, 4.69) is 54.3 Å². The summed E-state index contributed by atoms with van der Waals surface area (Å²) in [5.41, 5.74) is 9.36. The zero-order valence-electron chi connectivity index (χ0n) is 12.4. The Hall–Kier alpha value is -1.62. The van der Waals surface area contributed by atoms with Gasteiger partial charge in [-0.2, -0.15) is 0 Å². The van der Waals surface area contributed by atoms with Gasteiger partial charge in [-0.1, -0.05) is 0 Å². The van der Waals surface area contributed by atoms with Crippen LogP contribution in [-0.4, -0.2) is 40.1 Å². The Labute approximate surface area is 114 Å². The molecule has 0 aliphatic heterocycles. The number of hydrogen-bond acceptors (Lipinski definition) is 4. The van der Waals surface area contributed by atoms with Gasteiger partial charge in [-0.25, -0.2) is 9.97 Å². The molecule has 2 N–H and O–H groups in total. The van der Waals surface area contributed by atoms with Crippen molar-refractivity contribution in [1.29, 1.82) is 0 Å². The fraction of sp³-hybridized carbons (Fsp3) is 0.571. The van der Waals surface area contributed by atoms with E-state index < -0.39 is 0 Å². The predicted molar refractivity (Wildman–Crippen MR) is 79.3 cm³/mol. The molecule has 2 aromatic heterocycles. The molecule has 0 amide bonds. The second kappa shape index (κ2) is 5.17. The normalized spacial score (nSPS) is 13.4. The first-order valence-electron chi connectivity index (χ1n) is 6.65. The molecule has 2 heterocycles. The van der Waals surface area contributed by atoms with Crippen LogP contribution < -0.4 is 5.73 Å². The summed E-state index contributed by atoms with van der Waals surface area (Å²) in [6, 6.07) is 0.396. The molecule has 0 radical (unpaired) electrons. The van der Waals surface area contributed by atoms with Crippen LogP contribution in [0.2, 0.25) is 0 Å². The van der Waals surface area contributed by atoms with Gasteiger partial charge in [-0.05, 0) is 53.4 Å². The van der Waals surface area contributed by atoms with Crippen molar-refractivity contribution in [2.24, 2.45) is 0 Å². The van der Waals surface area contributed by atoms with Gasteiger partial charge in [0, 0.05) is 11.7 Å². The predicted octanol–water partition coefficient (Wildman–Crippen LogP) is 2.14. The van der Waals surface area contributed by atoms with E-state index in [4.69, 9.17) is 5.73 Å². The molecular formula is C14H23N5. The number of rotatable bonds is 4. The third-order valence-corrected chi connectivity index (χ3v) is 3.80. The van der Waals surface area contributed by atoms with Gasteiger partial charge in [0.15, 0.2) is 0 Å². The SMILES string of the molecule is Cc1c(C)n(C(C)CCN(C)C)c2ncnc(N)c12. The number of hydrogen-bond donors (Lipinski definition) is 1. The van der Waals surface area contributed by atoms with Gasteiger partial charge >= 0.3 is 0 Å². The van der Waals surface area contributed by atoms with Crippen LogP contribution in [0.25, 0.3) is 11.0 Å². The van der Waals surface area contributed by atoms with Crippen LogP contribution in [0.3, 0.4) is 0 Å². The first-order chi connectivity index (χ1) is 8.93. The maximum atomic E-state index is 5.99. The Morgan fingerprint density at radius 1 is 1.32 bits per heavy atom. The first-order valence-corrected chi connectivity index (χ1v) is 6.65. The van der Waals surface area contributed by atoms with Crippen LogP contribution in [-0.2, 0) is 0 Å². The second-order valence-electron chi connectivity index (χ2n) is 5.48. The van der Waals surface area contributed by atoms with Gasteiger partial charge in [0.05, 0.1) is 5.39 Å². The van der Waals surface area contributed by atoms with Crippen molar-refractivity contribution >= 4 is 16.9 Å². The van der Waals surface area contributed by atoms with E-state index in [0.29, 0.717) is 11.9 Å². The van der Waals surface area contributed by atoms with Crippen molar-refractivity contribution in [1.82, 2.24) is 19.4 Å². The topological polar surface area (TPSA) is 60.0 Å². The summed E-state index contributed by atoms with van der Waals surface area (Å²) in [7, 11) is 4.19. The van der Waals surface area contributed by atoms with Crippen molar-refractivity contribution in [2.75, 3.05) is 26.4 Å². The van der Waals surface area contributed by atoms with Crippen molar-refractivity contribution in [3.05, 3.63) is 17.6 Å². The Morgan fingerprint density at radius 3 is 2.63 bits per heavy atom. The minimum atomic E-state index is 0.396. The van der Waals surface area contributed by atoms with E-state index in [-0.39, 0.29) is 0 Å². The summed E-state index contributed by atoms with van der Waals surface area (Å²) in [5.74, 6) is 0.573. The molecule has 0 aliphatic carbocycles. The Kier molecular flexibility index (Phi) is 3.75. The molecule has 2 aromatic rings. The monoisotopic (exact) mass is 261 g/mol. The number of aryl methyl sites for hydroxylation is 1. The highest BCUT2D eigenvalue weighted by molar-refractivity contribution is 5.90. The lowest BCUT2D eigenvalue weighted by Crippen LogP contribution is -2.18. The number of nitrogens with two attached hydrogens (primary N) is 1. The van der Waals surface area contributed by atoms with E-state index in [1.807, 2.05) is 0 Å². The van der Waals surface area contributed by atoms with Crippen LogP contribution >= 0.6 is 0 Å². The fourth-order valence-corrected chi connectivity index (χ4v) is 2.57. The Morgan fingerprint density at radius 2 is 2.00 bits per heavy atom. The van der Waals surface area contributed by atoms with E-state index in [1.54, 1.807) is 6.33 Å². The van der Waals surface area contributed by atoms with Crippen LogP contribution in [0, 0.1) is 13.8 Å². The maximum absolute atomic E-state index is 5.99. The zero-order chi connectivity index (χ0) is 14.2. The average molecular weight is 261 g/mol. The van der Waals surface area contributed by atoms with Crippen LogP contribution in [0.1, 0.15) is 30.6 Å². The lowest BCUT2D eigenvalue weighted by Gasteiger charge is -2.19. The van der Waals surface area contributed by atoms with Crippen LogP contribution in [0.5, 0.6) is 0 Å². The minimum absolute atomic E-state index is 0.396. The van der Waals surface area contributed by atoms with Crippen molar-refractivity contribution < 1.29 is 0 Å². The highest BCUT2D eigenvalue weighted by atomic mass is 15.1. The van der Waals surface area contributed by atoms with Crippen LogP contribution in [0.4, 0.5) is 5.82 Å². The molecule has 0 aliphatic rings. The molecule has 19 heavy (non-hydrogen) atoms. The zero-order valence-corrected chi connectivity index (χ0v) is 12.4. The Balaban J connectivity index is 2.48. The van der Waals surface area contributed by atoms with Gasteiger partial charge in [0.2, 0.25) is 0 Å². The summed E-state index contributed by atoms with van der Waals surface area (Å²) in [5, 5.41) is 0.997. The second-order valence-corrected chi connectivity index (χ2v) is 5.48. The quantitative estimate of drug-likeness (QED) is 0.916. The molecular weight excluding hydrogens is 238 g/mol. The van der Waals surface area contributed by atoms with Crippen molar-refractivity contribution in [3.63, 3.8) is 0 Å². The third-order valence-electron chi connectivity index (χ3n) is 3.80. The van der Waals surface area contributed by atoms with Gasteiger partial charge < -0.3 is 15.2 Å². The van der Waals surface area contributed by atoms with Gasteiger partial charge in [-0.3, -0.25) is 0 Å². The van der Waals surface area contributed by atoms with Gasteiger partial charge in [0.1, 0.15) is 17.8 Å². The van der Waals surface area contributed by atoms with Crippen molar-refractivity contribution in [3.8, 4) is 0 Å². The number of nitrogens with zero attached hydrogens (tertiary/aromatic N) is 4. The standard InChI is InChI=1S/C14H23N5/c1-9(6-7-18(4)5)19-11(3)10(2)12-13(15)16-8-17-14(12)19/h8-9H,6-7H2,1-5H3,(H2,15,16,17). The molecule has 0 spiro atoms. The molecule has 0 aromatic carbocycles. The van der Waals surface area contributed by atoms with Gasteiger partial charge in [0.25, 0.3) is 0 Å². The maximum Gasteiger partial charge on any atom is 0.146 e. The third kappa shape index (κ3) is 2.42. The lowest BCUT2D eigenvalue weighted by atomic mass is 10.2. The highest BCUT2D eigenvalue weighted by Crippen LogP contribution is 2.30. The summed E-state index contributed by atoms with van der Waals surface area (Å²) in [6.07, 6.45) is 2.63. The van der Waals surface area contributed by atoms with Crippen molar-refractivity contribution in [2.45, 2.75) is 33.2 Å². The first kappa shape index (κ1) is 13.8. The van der Waals surface area contributed by atoms with E-state index >= 15 is 0 Å². The van der Waals surface area contributed by atoms with E-state index in [0.717, 1.165) is 24.0 Å². The molecule has 1 unspecified atom stereocenters. The number of fused-ring (bicyclic) bond motifs is 1. The summed E-state index contributed by atoms with van der Waals surface area (Å²) < 4.78 is 2.28. The molecule has 0 bridgehead atoms. The smallest absolute Gasteiger partial charge is 0.146 e. The Bertz CT molecular complexity index is 585. The van der Waals surface area contributed by atoms with Gasteiger partial charge in [-0.15, -0.1) is 0 Å². The lowest BCUT2D eigenvalue weighted by molar-refractivity contribution is 0.358. The van der Waals surface area contributed by atoms with E-state index in [1.165, 1.54) is 11.3 Å². The molecule has 0 saturated heterocycles. The molecule has 5 heteroatoms. The largest absolute Gasteiger partial charge is 0.383 e. The summed E-state index contributed by atoms with van der Waals surface area (Å²) in [6.45, 7) is 7.50. The molecule has 1 atom stereocenters. The highest BCUT2D eigenvalue weighted by Gasteiger charge is 2.18. The molecule has 104 valence electrons. The minimum Gasteiger partial charge on any atom is -0.383 e. The molecule has 0 saturated carbocycles. The fourth-order valence-electron chi connectivity index (χ4n) is 2.57. The number of anilines is 1. The number of nitrogen functional groups attached to an aromatic ring is 1. The molecule has 0 fully saturated rings. The summed E-state index contributed by atoms with van der Waals surface area (Å²) in [4.78, 5) is 10.7. The molecule has 2 rings (SSSR count). The van der Waals surface area contributed by atoms with Crippen LogP contribution in [0.15, 0.2) is 6.33 Å². The average Bonchev–Trinajstić information content (AvgIpc) is 2.60. The summed E-state index contributed by atoms with van der Waals surface area (Å²) >= 11 is 0.